The van der Waals surface area contributed by atoms with Gasteiger partial charge in [-0.1, -0.05) is 22.4 Å². The number of hydrogen-bond acceptors (Lipinski definition) is 1. The summed E-state index contributed by atoms with van der Waals surface area (Å²) < 4.78 is 24.1. The first-order chi connectivity index (χ1) is 5.74. The van der Waals surface area contributed by atoms with Crippen LogP contribution in [0.1, 0.15) is 19.3 Å². The van der Waals surface area contributed by atoms with Crippen LogP contribution >= 0.6 is 15.9 Å². The summed E-state index contributed by atoms with van der Waals surface area (Å²) in [6.45, 7) is 0.775. The lowest BCUT2D eigenvalue weighted by Crippen LogP contribution is -2.43. The van der Waals surface area contributed by atoms with E-state index in [1.807, 2.05) is 4.90 Å². The van der Waals surface area contributed by atoms with Gasteiger partial charge in [0.25, 0.3) is 6.43 Å². The highest BCUT2D eigenvalue weighted by Crippen LogP contribution is 2.19. The van der Waals surface area contributed by atoms with Gasteiger partial charge in [-0.2, -0.15) is 0 Å². The number of halogens is 3. The van der Waals surface area contributed by atoms with Crippen LogP contribution in [0, 0.1) is 0 Å². The van der Waals surface area contributed by atoms with Crippen molar-refractivity contribution in [3.05, 3.63) is 0 Å². The zero-order valence-corrected chi connectivity index (χ0v) is 8.56. The largest absolute Gasteiger partial charge is 0.294 e. The summed E-state index contributed by atoms with van der Waals surface area (Å²) in [6.07, 6.45) is 1.11. The van der Waals surface area contributed by atoms with Gasteiger partial charge in [0.05, 0.1) is 6.54 Å². The molecule has 1 unspecified atom stereocenters. The van der Waals surface area contributed by atoms with Crippen molar-refractivity contribution in [2.75, 3.05) is 18.4 Å². The van der Waals surface area contributed by atoms with Crippen molar-refractivity contribution < 1.29 is 8.78 Å². The highest BCUT2D eigenvalue weighted by Gasteiger charge is 2.23. The topological polar surface area (TPSA) is 3.24 Å². The van der Waals surface area contributed by atoms with Gasteiger partial charge < -0.3 is 0 Å². The molecule has 0 N–H and O–H groups in total. The van der Waals surface area contributed by atoms with Crippen LogP contribution in [0.2, 0.25) is 0 Å². The molecular weight excluding hydrogens is 228 g/mol. The maximum absolute atomic E-state index is 12.1. The first kappa shape index (κ1) is 10.4. The first-order valence-corrected chi connectivity index (χ1v) is 5.44. The average Bonchev–Trinajstić information content (AvgIpc) is 2.04. The number of piperidine rings is 1. The van der Waals surface area contributed by atoms with Crippen molar-refractivity contribution in [1.29, 1.82) is 0 Å². The molecular formula is C8H14BrF2N. The summed E-state index contributed by atoms with van der Waals surface area (Å²) in [5.41, 5.74) is 0. The minimum Gasteiger partial charge on any atom is -0.294 e. The molecule has 1 rings (SSSR count). The van der Waals surface area contributed by atoms with Crippen molar-refractivity contribution >= 4 is 15.9 Å². The second-order valence-electron chi connectivity index (χ2n) is 3.19. The maximum Gasteiger partial charge on any atom is 0.251 e. The molecule has 1 fully saturated rings. The summed E-state index contributed by atoms with van der Waals surface area (Å²) in [6, 6.07) is 0.327. The lowest BCUT2D eigenvalue weighted by molar-refractivity contribution is 0.0562. The Labute approximate surface area is 80.2 Å². The van der Waals surface area contributed by atoms with Gasteiger partial charge in [-0.05, 0) is 19.4 Å². The van der Waals surface area contributed by atoms with Crippen LogP contribution < -0.4 is 0 Å². The van der Waals surface area contributed by atoms with E-state index in [0.29, 0.717) is 6.04 Å². The molecule has 4 heteroatoms. The third-order valence-electron chi connectivity index (χ3n) is 2.30. The number of nitrogens with zero attached hydrogens (tertiary/aromatic N) is 1. The molecule has 1 aliphatic rings. The fourth-order valence-electron chi connectivity index (χ4n) is 1.65. The molecule has 0 saturated carbocycles. The van der Waals surface area contributed by atoms with Gasteiger partial charge in [0, 0.05) is 11.4 Å². The third kappa shape index (κ3) is 2.98. The Morgan fingerprint density at radius 3 is 2.75 bits per heavy atom. The van der Waals surface area contributed by atoms with Crippen LogP contribution in [0.15, 0.2) is 0 Å². The Morgan fingerprint density at radius 1 is 1.42 bits per heavy atom. The van der Waals surface area contributed by atoms with Crippen LogP contribution in [0.5, 0.6) is 0 Å². The molecule has 1 heterocycles. The minimum atomic E-state index is -2.19. The lowest BCUT2D eigenvalue weighted by atomic mass is 10.0. The average molecular weight is 242 g/mol. The molecule has 0 aliphatic carbocycles. The Kier molecular flexibility index (Phi) is 4.43. The molecule has 0 radical (unpaired) electrons. The quantitative estimate of drug-likeness (QED) is 0.687. The predicted molar refractivity (Wildman–Crippen MR) is 49.0 cm³/mol. The molecule has 0 spiro atoms. The SMILES string of the molecule is FC(F)CN1CCCCC1CBr. The summed E-state index contributed by atoms with van der Waals surface area (Å²) in [5, 5.41) is 0.819. The molecule has 0 aromatic heterocycles. The fourth-order valence-corrected chi connectivity index (χ4v) is 2.39. The van der Waals surface area contributed by atoms with Gasteiger partial charge in [0.1, 0.15) is 0 Å². The fraction of sp³-hybridized carbons (Fsp3) is 1.00. The van der Waals surface area contributed by atoms with E-state index in [0.717, 1.165) is 24.7 Å². The molecule has 1 aliphatic heterocycles. The van der Waals surface area contributed by atoms with Gasteiger partial charge in [-0.3, -0.25) is 4.90 Å². The van der Waals surface area contributed by atoms with Crippen molar-refractivity contribution in [3.63, 3.8) is 0 Å². The van der Waals surface area contributed by atoms with E-state index in [2.05, 4.69) is 15.9 Å². The van der Waals surface area contributed by atoms with Crippen LogP contribution in [0.3, 0.4) is 0 Å². The predicted octanol–water partition coefficient (Wildman–Crippen LogP) is 2.50. The van der Waals surface area contributed by atoms with Crippen molar-refractivity contribution in [3.8, 4) is 0 Å². The second-order valence-corrected chi connectivity index (χ2v) is 3.84. The molecule has 0 bridgehead atoms. The molecule has 12 heavy (non-hydrogen) atoms. The molecule has 72 valence electrons. The lowest BCUT2D eigenvalue weighted by Gasteiger charge is -2.34. The van der Waals surface area contributed by atoms with Crippen LogP contribution in [-0.2, 0) is 0 Å². The van der Waals surface area contributed by atoms with E-state index in [-0.39, 0.29) is 6.54 Å². The standard InChI is InChI=1S/C8H14BrF2N/c9-5-7-3-1-2-4-12(7)6-8(10)11/h7-8H,1-6H2. The molecule has 0 amide bonds. The molecule has 0 aromatic rings. The Bertz CT molecular complexity index is 132. The van der Waals surface area contributed by atoms with Gasteiger partial charge in [0.15, 0.2) is 0 Å². The number of alkyl halides is 3. The van der Waals surface area contributed by atoms with E-state index < -0.39 is 6.43 Å². The normalized spacial score (nSPS) is 26.5. The van der Waals surface area contributed by atoms with E-state index >= 15 is 0 Å². The minimum absolute atomic E-state index is 0.0593. The Morgan fingerprint density at radius 2 is 2.17 bits per heavy atom. The first-order valence-electron chi connectivity index (χ1n) is 4.32. The zero-order valence-electron chi connectivity index (χ0n) is 6.98. The van der Waals surface area contributed by atoms with Gasteiger partial charge >= 0.3 is 0 Å². The van der Waals surface area contributed by atoms with Gasteiger partial charge in [-0.15, -0.1) is 0 Å². The summed E-state index contributed by atoms with van der Waals surface area (Å²) >= 11 is 3.35. The third-order valence-corrected chi connectivity index (χ3v) is 3.05. The molecule has 1 atom stereocenters. The van der Waals surface area contributed by atoms with Crippen LogP contribution in [0.4, 0.5) is 8.78 Å². The second kappa shape index (κ2) is 5.12. The smallest absolute Gasteiger partial charge is 0.251 e. The van der Waals surface area contributed by atoms with Gasteiger partial charge in [0.2, 0.25) is 0 Å². The summed E-state index contributed by atoms with van der Waals surface area (Å²) in [4.78, 5) is 1.89. The highest BCUT2D eigenvalue weighted by atomic mass is 79.9. The monoisotopic (exact) mass is 241 g/mol. The van der Waals surface area contributed by atoms with Gasteiger partial charge in [-0.25, -0.2) is 8.78 Å². The molecule has 0 aromatic carbocycles. The van der Waals surface area contributed by atoms with E-state index in [1.54, 1.807) is 0 Å². The van der Waals surface area contributed by atoms with Crippen LogP contribution in [0.25, 0.3) is 0 Å². The number of hydrogen-bond donors (Lipinski definition) is 0. The van der Waals surface area contributed by atoms with Crippen molar-refractivity contribution in [2.45, 2.75) is 31.7 Å². The van der Waals surface area contributed by atoms with E-state index in [4.69, 9.17) is 0 Å². The molecule has 1 nitrogen and oxygen atoms in total. The zero-order chi connectivity index (χ0) is 8.97. The Balaban J connectivity index is 2.36. The maximum atomic E-state index is 12.1. The summed E-state index contributed by atoms with van der Waals surface area (Å²) in [7, 11) is 0. The van der Waals surface area contributed by atoms with E-state index in [1.165, 1.54) is 6.42 Å². The molecule has 1 saturated heterocycles. The van der Waals surface area contributed by atoms with Crippen molar-refractivity contribution in [2.24, 2.45) is 0 Å². The summed E-state index contributed by atoms with van der Waals surface area (Å²) in [5.74, 6) is 0. The highest BCUT2D eigenvalue weighted by molar-refractivity contribution is 9.09. The Hall–Kier alpha value is 0.300. The van der Waals surface area contributed by atoms with Crippen LogP contribution in [-0.4, -0.2) is 35.8 Å². The van der Waals surface area contributed by atoms with Crippen molar-refractivity contribution in [1.82, 2.24) is 4.90 Å². The number of likely N-dealkylation sites (tertiary alicyclic amines) is 1. The van der Waals surface area contributed by atoms with E-state index in [9.17, 15) is 8.78 Å². The number of rotatable bonds is 3.